The van der Waals surface area contributed by atoms with Gasteiger partial charge in [0.25, 0.3) is 0 Å². The van der Waals surface area contributed by atoms with E-state index in [1.165, 1.54) is 0 Å². The highest BCUT2D eigenvalue weighted by atomic mass is 28.3. The molecular weight excluding hydrogens is 170 g/mol. The monoisotopic (exact) mass is 189 g/mol. The lowest BCUT2D eigenvalue weighted by Gasteiger charge is -2.20. The molecule has 0 atom stereocenters. The Bertz CT molecular complexity index is 128. The minimum atomic E-state index is -0.769. The van der Waals surface area contributed by atoms with Crippen molar-refractivity contribution in [1.82, 2.24) is 5.32 Å². The summed E-state index contributed by atoms with van der Waals surface area (Å²) in [5.74, 6) is 0.285. The Morgan fingerprint density at radius 3 is 1.64 bits per heavy atom. The molecule has 0 bridgehead atoms. The second-order valence-electron chi connectivity index (χ2n) is 3.63. The maximum Gasteiger partial charge on any atom is 0.216 e. The van der Waals surface area contributed by atoms with Gasteiger partial charge in [-0.1, -0.05) is 26.2 Å². The highest BCUT2D eigenvalue weighted by Crippen LogP contribution is 2.14. The van der Waals surface area contributed by atoms with E-state index in [0.717, 1.165) is 0 Å². The van der Waals surface area contributed by atoms with Gasteiger partial charge in [-0.3, -0.25) is 4.79 Å². The van der Waals surface area contributed by atoms with E-state index in [4.69, 9.17) is 0 Å². The number of amides is 1. The molecule has 0 aromatic carbocycles. The molecule has 0 fully saturated rings. The van der Waals surface area contributed by atoms with Crippen molar-refractivity contribution in [2.45, 2.75) is 31.4 Å². The van der Waals surface area contributed by atoms with Gasteiger partial charge in [0.15, 0.2) is 0 Å². The van der Waals surface area contributed by atoms with Gasteiger partial charge in [0.2, 0.25) is 5.91 Å². The van der Waals surface area contributed by atoms with Gasteiger partial charge in [0, 0.05) is 29.8 Å². The molecule has 0 aliphatic rings. The molecule has 66 valence electrons. The second kappa shape index (κ2) is 4.72. The summed E-state index contributed by atoms with van der Waals surface area (Å²) in [4.78, 5) is 11.4. The highest BCUT2D eigenvalue weighted by molar-refractivity contribution is 6.82. The average Bonchev–Trinajstić information content (AvgIpc) is 1.85. The van der Waals surface area contributed by atoms with Crippen LogP contribution >= 0.6 is 0 Å². The maximum absolute atomic E-state index is 11.4. The summed E-state index contributed by atoms with van der Waals surface area (Å²) in [7, 11) is 0.201. The number of nitrogens with one attached hydrogen (secondary N) is 1. The molecule has 0 spiro atoms. The van der Waals surface area contributed by atoms with E-state index >= 15 is 0 Å². The van der Waals surface area contributed by atoms with Gasteiger partial charge in [-0.05, 0) is 0 Å². The lowest BCUT2D eigenvalue weighted by molar-refractivity contribution is -0.119. The third-order valence-electron chi connectivity index (χ3n) is 1.99. The first-order chi connectivity index (χ1) is 5.00. The minimum absolute atomic E-state index is 0.285. The van der Waals surface area contributed by atoms with E-state index in [1.54, 1.807) is 7.05 Å². The van der Waals surface area contributed by atoms with Crippen molar-refractivity contribution in [2.24, 2.45) is 0 Å². The first kappa shape index (κ1) is 10.9. The second-order valence-corrected chi connectivity index (χ2v) is 10.8. The lowest BCUT2D eigenvalue weighted by Crippen LogP contribution is -2.38. The molecule has 0 rings (SSSR count). The first-order valence-electron chi connectivity index (χ1n) is 4.22. The van der Waals surface area contributed by atoms with E-state index in [2.05, 4.69) is 31.5 Å². The quantitative estimate of drug-likeness (QED) is 0.648. The molecule has 0 aliphatic heterocycles. The molecule has 2 nitrogen and oxygen atoms in total. The zero-order chi connectivity index (χ0) is 9.02. The molecule has 0 aromatic heterocycles. The van der Waals surface area contributed by atoms with Crippen LogP contribution in [0.25, 0.3) is 0 Å². The fourth-order valence-corrected chi connectivity index (χ4v) is 9.24. The Hall–Kier alpha value is -0.0962. The van der Waals surface area contributed by atoms with Gasteiger partial charge in [-0.15, -0.1) is 0 Å². The number of hydrogen-bond acceptors (Lipinski definition) is 1. The van der Waals surface area contributed by atoms with Crippen LogP contribution in [0.2, 0.25) is 31.4 Å². The normalized spacial score (nSPS) is 11.3. The molecule has 0 unspecified atom stereocenters. The van der Waals surface area contributed by atoms with Crippen LogP contribution in [0.1, 0.15) is 0 Å². The van der Waals surface area contributed by atoms with Crippen LogP contribution in [0.3, 0.4) is 0 Å². The van der Waals surface area contributed by atoms with Crippen molar-refractivity contribution in [2.75, 3.05) is 7.05 Å². The third-order valence-corrected chi connectivity index (χ3v) is 10.1. The predicted molar refractivity (Wildman–Crippen MR) is 55.6 cm³/mol. The van der Waals surface area contributed by atoms with Crippen LogP contribution < -0.4 is 5.32 Å². The smallest absolute Gasteiger partial charge is 0.216 e. The molecule has 1 amide bonds. The lowest BCUT2D eigenvalue weighted by atomic mass is 10.7. The number of carbonyl (C=O) groups excluding carboxylic acids is 1. The Labute approximate surface area is 72.6 Å². The molecule has 0 heterocycles. The van der Waals surface area contributed by atoms with E-state index in [0.29, 0.717) is 5.16 Å². The third kappa shape index (κ3) is 3.20. The van der Waals surface area contributed by atoms with Crippen molar-refractivity contribution in [3.05, 3.63) is 0 Å². The Balaban J connectivity index is 4.22. The van der Waals surface area contributed by atoms with Crippen molar-refractivity contribution in [3.63, 3.8) is 0 Å². The van der Waals surface area contributed by atoms with Crippen LogP contribution in [0, 0.1) is 0 Å². The Morgan fingerprint density at radius 1 is 1.18 bits per heavy atom. The predicted octanol–water partition coefficient (Wildman–Crippen LogP) is 0.615. The zero-order valence-corrected chi connectivity index (χ0v) is 10.4. The zero-order valence-electron chi connectivity index (χ0n) is 8.14. The van der Waals surface area contributed by atoms with E-state index in [1.807, 2.05) is 0 Å². The molecule has 0 aliphatic carbocycles. The summed E-state index contributed by atoms with van der Waals surface area (Å²) >= 11 is 0. The molecular formula is C7H19NOSi2. The fraction of sp³-hybridized carbons (Fsp3) is 0.857. The van der Waals surface area contributed by atoms with Gasteiger partial charge < -0.3 is 5.32 Å². The summed E-state index contributed by atoms with van der Waals surface area (Å²) in [5.41, 5.74) is 0. The van der Waals surface area contributed by atoms with Gasteiger partial charge in [0.05, 0.1) is 0 Å². The van der Waals surface area contributed by atoms with Crippen LogP contribution in [0.4, 0.5) is 0 Å². The fourth-order valence-electron chi connectivity index (χ4n) is 1.54. The highest BCUT2D eigenvalue weighted by Gasteiger charge is 2.25. The summed E-state index contributed by atoms with van der Waals surface area (Å²) in [6.45, 7) is 9.03. The van der Waals surface area contributed by atoms with E-state index in [-0.39, 0.29) is 5.91 Å². The standard InChI is InChI=1S/C7H19NOSi2/c1-8-6(9)7(10(2)3)11(4)5/h7,10-11H,1-5H3,(H,8,9). The number of carbonyl (C=O) groups is 1. The molecule has 11 heavy (non-hydrogen) atoms. The molecule has 4 heteroatoms. The molecule has 0 saturated heterocycles. The largest absolute Gasteiger partial charge is 0.359 e. The molecule has 1 N–H and O–H groups in total. The minimum Gasteiger partial charge on any atom is -0.359 e. The van der Waals surface area contributed by atoms with Crippen molar-refractivity contribution < 1.29 is 4.79 Å². The summed E-state index contributed by atoms with van der Waals surface area (Å²) in [5, 5.41) is 3.19. The van der Waals surface area contributed by atoms with Crippen molar-refractivity contribution in [3.8, 4) is 0 Å². The summed E-state index contributed by atoms with van der Waals surface area (Å²) < 4.78 is 0. The summed E-state index contributed by atoms with van der Waals surface area (Å²) in [6.07, 6.45) is 0. The van der Waals surface area contributed by atoms with Gasteiger partial charge in [0.1, 0.15) is 0 Å². The van der Waals surface area contributed by atoms with E-state index < -0.39 is 17.6 Å². The van der Waals surface area contributed by atoms with Gasteiger partial charge in [-0.2, -0.15) is 0 Å². The average molecular weight is 189 g/mol. The van der Waals surface area contributed by atoms with Gasteiger partial charge in [-0.25, -0.2) is 0 Å². The van der Waals surface area contributed by atoms with Crippen molar-refractivity contribution >= 4 is 23.5 Å². The number of rotatable bonds is 3. The van der Waals surface area contributed by atoms with E-state index in [9.17, 15) is 4.79 Å². The van der Waals surface area contributed by atoms with Crippen LogP contribution in [0.5, 0.6) is 0 Å². The first-order valence-corrected chi connectivity index (χ1v) is 10.2. The molecule has 0 aromatic rings. The van der Waals surface area contributed by atoms with Crippen molar-refractivity contribution in [1.29, 1.82) is 0 Å². The molecule has 0 radical (unpaired) electrons. The summed E-state index contributed by atoms with van der Waals surface area (Å²) in [6, 6.07) is 0. The molecule has 0 saturated carbocycles. The maximum atomic E-state index is 11.4. The van der Waals surface area contributed by atoms with Crippen LogP contribution in [-0.4, -0.2) is 30.5 Å². The topological polar surface area (TPSA) is 29.1 Å². The van der Waals surface area contributed by atoms with Gasteiger partial charge >= 0.3 is 0 Å². The Kier molecular flexibility index (Phi) is 4.67. The SMILES string of the molecule is CNC(=O)C([SiH](C)C)[SiH](C)C. The van der Waals surface area contributed by atoms with Crippen LogP contribution in [0.15, 0.2) is 0 Å². The number of hydrogen-bond donors (Lipinski definition) is 1. The Morgan fingerprint density at radius 2 is 1.55 bits per heavy atom. The van der Waals surface area contributed by atoms with Crippen LogP contribution in [-0.2, 0) is 4.79 Å².